The first-order valence-corrected chi connectivity index (χ1v) is 6.69. The van der Waals surface area contributed by atoms with Gasteiger partial charge in [-0.2, -0.15) is 0 Å². The van der Waals surface area contributed by atoms with E-state index in [0.717, 1.165) is 0 Å². The molecule has 0 aliphatic rings. The van der Waals surface area contributed by atoms with Crippen molar-refractivity contribution < 1.29 is 0 Å². The van der Waals surface area contributed by atoms with Crippen LogP contribution in [0.3, 0.4) is 0 Å². The number of hydrogen-bond acceptors (Lipinski definition) is 2. The van der Waals surface area contributed by atoms with Crippen LogP contribution >= 0.6 is 23.5 Å². The monoisotopic (exact) mass is 225 g/mol. The third kappa shape index (κ3) is 4.43. The van der Waals surface area contributed by atoms with Gasteiger partial charge in [-0.1, -0.05) is 33.8 Å². The van der Waals surface area contributed by atoms with Crippen LogP contribution in [0.25, 0.3) is 0 Å². The van der Waals surface area contributed by atoms with Gasteiger partial charge in [0.25, 0.3) is 0 Å². The van der Waals surface area contributed by atoms with Crippen molar-refractivity contribution in [2.45, 2.75) is 48.0 Å². The van der Waals surface area contributed by atoms with Gasteiger partial charge in [-0.05, 0) is 18.2 Å². The van der Waals surface area contributed by atoms with Crippen LogP contribution in [0.1, 0.15) is 27.7 Å². The minimum absolute atomic E-state index is 0.630. The molecular weight excluding hydrogens is 208 g/mol. The van der Waals surface area contributed by atoms with E-state index in [2.05, 4.69) is 45.9 Å². The van der Waals surface area contributed by atoms with E-state index >= 15 is 0 Å². The Kier molecular flexibility index (Phi) is 4.90. The molecule has 0 heterocycles. The van der Waals surface area contributed by atoms with E-state index in [1.54, 1.807) is 0 Å². The topological polar surface area (TPSA) is 0 Å². The summed E-state index contributed by atoms with van der Waals surface area (Å²) in [6.07, 6.45) is 0. The zero-order valence-corrected chi connectivity index (χ0v) is 10.8. The Balaban J connectivity index is 2.68. The molecule has 0 N–H and O–H groups in total. The fourth-order valence-corrected chi connectivity index (χ4v) is 2.88. The number of rotatable bonds is 4. The third-order valence-corrected chi connectivity index (χ3v) is 3.44. The van der Waals surface area contributed by atoms with Crippen LogP contribution in [0, 0.1) is 6.07 Å². The van der Waals surface area contributed by atoms with Crippen molar-refractivity contribution in [2.75, 3.05) is 0 Å². The van der Waals surface area contributed by atoms with Crippen molar-refractivity contribution >= 4 is 23.5 Å². The molecule has 0 amide bonds. The van der Waals surface area contributed by atoms with Crippen molar-refractivity contribution in [2.24, 2.45) is 0 Å². The highest BCUT2D eigenvalue weighted by Gasteiger charge is 2.02. The third-order valence-electron chi connectivity index (χ3n) is 1.48. The van der Waals surface area contributed by atoms with Gasteiger partial charge in [0.05, 0.1) is 0 Å². The number of hydrogen-bond donors (Lipinski definition) is 0. The lowest BCUT2D eigenvalue weighted by Gasteiger charge is -2.08. The molecule has 0 unspecified atom stereocenters. The van der Waals surface area contributed by atoms with Gasteiger partial charge < -0.3 is 0 Å². The molecule has 1 rings (SSSR count). The minimum atomic E-state index is 0.630. The van der Waals surface area contributed by atoms with E-state index in [-0.39, 0.29) is 0 Å². The van der Waals surface area contributed by atoms with Crippen molar-refractivity contribution in [3.8, 4) is 0 Å². The summed E-state index contributed by atoms with van der Waals surface area (Å²) in [5, 5.41) is 1.28. The van der Waals surface area contributed by atoms with Crippen molar-refractivity contribution in [3.05, 3.63) is 24.3 Å². The van der Waals surface area contributed by atoms with Gasteiger partial charge in [-0.15, -0.1) is 23.5 Å². The largest absolute Gasteiger partial charge is 0.123 e. The molecule has 0 aliphatic heterocycles. The molecule has 0 nitrogen and oxygen atoms in total. The van der Waals surface area contributed by atoms with Crippen LogP contribution < -0.4 is 0 Å². The molecule has 77 valence electrons. The van der Waals surface area contributed by atoms with Crippen LogP contribution in [-0.4, -0.2) is 10.5 Å². The van der Waals surface area contributed by atoms with E-state index in [9.17, 15) is 0 Å². The summed E-state index contributed by atoms with van der Waals surface area (Å²) in [5.41, 5.74) is 0. The fourth-order valence-electron chi connectivity index (χ4n) is 1.09. The molecule has 0 atom stereocenters. The highest BCUT2D eigenvalue weighted by molar-refractivity contribution is 8.00. The Morgan fingerprint density at radius 3 is 2.29 bits per heavy atom. The zero-order valence-electron chi connectivity index (χ0n) is 9.20. The summed E-state index contributed by atoms with van der Waals surface area (Å²) < 4.78 is 0. The Morgan fingerprint density at radius 1 is 1.07 bits per heavy atom. The lowest BCUT2D eigenvalue weighted by Crippen LogP contribution is -1.88. The molecule has 0 saturated carbocycles. The highest BCUT2D eigenvalue weighted by atomic mass is 32.2. The van der Waals surface area contributed by atoms with E-state index in [4.69, 9.17) is 0 Å². The molecule has 1 aromatic carbocycles. The lowest BCUT2D eigenvalue weighted by molar-refractivity contribution is 1.10. The summed E-state index contributed by atoms with van der Waals surface area (Å²) in [5.74, 6) is 0. The second-order valence-electron chi connectivity index (χ2n) is 3.72. The van der Waals surface area contributed by atoms with Crippen LogP contribution in [0.4, 0.5) is 0 Å². The standard InChI is InChI=1S/C12H17S2/c1-9(2)13-11-6-5-7-12(8-11)14-10(3)4/h5-6,8-10H,1-4H3. The summed E-state index contributed by atoms with van der Waals surface area (Å²) in [7, 11) is 0. The van der Waals surface area contributed by atoms with Gasteiger partial charge in [0, 0.05) is 20.3 Å². The maximum atomic E-state index is 3.26. The van der Waals surface area contributed by atoms with Crippen LogP contribution in [-0.2, 0) is 0 Å². The summed E-state index contributed by atoms with van der Waals surface area (Å²) >= 11 is 3.78. The summed E-state index contributed by atoms with van der Waals surface area (Å²) in [6, 6.07) is 9.65. The number of thioether (sulfide) groups is 2. The maximum Gasteiger partial charge on any atom is 0.0165 e. The number of benzene rings is 1. The fraction of sp³-hybridized carbons (Fsp3) is 0.500. The predicted molar refractivity (Wildman–Crippen MR) is 67.3 cm³/mol. The SMILES string of the molecule is CC(C)Sc1[c]ccc(SC(C)C)c1. The van der Waals surface area contributed by atoms with E-state index in [1.165, 1.54) is 9.79 Å². The molecular formula is C12H17S2. The molecule has 0 aromatic heterocycles. The van der Waals surface area contributed by atoms with Crippen molar-refractivity contribution in [3.63, 3.8) is 0 Å². The normalized spacial score (nSPS) is 11.3. The second kappa shape index (κ2) is 5.72. The van der Waals surface area contributed by atoms with E-state index < -0.39 is 0 Å². The molecule has 2 heteroatoms. The summed E-state index contributed by atoms with van der Waals surface area (Å²) in [4.78, 5) is 2.60. The molecule has 14 heavy (non-hydrogen) atoms. The van der Waals surface area contributed by atoms with Crippen LogP contribution in [0.5, 0.6) is 0 Å². The van der Waals surface area contributed by atoms with E-state index in [0.29, 0.717) is 10.5 Å². The maximum absolute atomic E-state index is 3.26. The van der Waals surface area contributed by atoms with Crippen LogP contribution in [0.2, 0.25) is 0 Å². The van der Waals surface area contributed by atoms with Crippen LogP contribution in [0.15, 0.2) is 28.0 Å². The predicted octanol–water partition coefficient (Wildman–Crippen LogP) is 4.49. The zero-order chi connectivity index (χ0) is 10.6. The van der Waals surface area contributed by atoms with Gasteiger partial charge in [-0.3, -0.25) is 0 Å². The average molecular weight is 225 g/mol. The minimum Gasteiger partial charge on any atom is -0.123 e. The second-order valence-corrected chi connectivity index (χ2v) is 6.99. The molecule has 1 aromatic rings. The molecule has 0 bridgehead atoms. The molecule has 0 aliphatic carbocycles. The van der Waals surface area contributed by atoms with Crippen molar-refractivity contribution in [1.29, 1.82) is 0 Å². The van der Waals surface area contributed by atoms with Crippen molar-refractivity contribution in [1.82, 2.24) is 0 Å². The van der Waals surface area contributed by atoms with Gasteiger partial charge in [0.1, 0.15) is 0 Å². The molecule has 0 fully saturated rings. The first-order chi connectivity index (χ1) is 6.58. The lowest BCUT2D eigenvalue weighted by atomic mass is 10.4. The quantitative estimate of drug-likeness (QED) is 0.693. The molecule has 0 saturated heterocycles. The molecule has 1 radical (unpaired) electrons. The average Bonchev–Trinajstić information content (AvgIpc) is 2.01. The van der Waals surface area contributed by atoms with Gasteiger partial charge in [-0.25, -0.2) is 0 Å². The van der Waals surface area contributed by atoms with Gasteiger partial charge >= 0.3 is 0 Å². The Morgan fingerprint density at radius 2 is 1.71 bits per heavy atom. The Bertz CT molecular complexity index is 254. The smallest absolute Gasteiger partial charge is 0.0165 e. The Hall–Kier alpha value is -0.0800. The first kappa shape index (κ1) is 12.0. The summed E-state index contributed by atoms with van der Waals surface area (Å²) in [6.45, 7) is 8.86. The Labute approximate surface area is 95.9 Å². The van der Waals surface area contributed by atoms with Gasteiger partial charge in [0.2, 0.25) is 0 Å². The molecule has 0 spiro atoms. The van der Waals surface area contributed by atoms with Gasteiger partial charge in [0.15, 0.2) is 0 Å². The van der Waals surface area contributed by atoms with E-state index in [1.807, 2.05) is 29.6 Å². The first-order valence-electron chi connectivity index (χ1n) is 4.93. The highest BCUT2D eigenvalue weighted by Crippen LogP contribution is 2.28.